The zero-order valence-corrected chi connectivity index (χ0v) is 13.6. The van der Waals surface area contributed by atoms with Crippen LogP contribution in [-0.2, 0) is 21.4 Å². The first kappa shape index (κ1) is 17.1. The number of sulfonamides is 1. The van der Waals surface area contributed by atoms with Gasteiger partial charge in [0.15, 0.2) is 0 Å². The highest BCUT2D eigenvalue weighted by molar-refractivity contribution is 7.89. The molecule has 23 heavy (non-hydrogen) atoms. The normalized spacial score (nSPS) is 13.2. The summed E-state index contributed by atoms with van der Waals surface area (Å²) in [4.78, 5) is 15.1. The van der Waals surface area contributed by atoms with Crippen LogP contribution >= 0.6 is 0 Å². The lowest BCUT2D eigenvalue weighted by Crippen LogP contribution is -2.44. The van der Waals surface area contributed by atoms with Gasteiger partial charge in [0.2, 0.25) is 10.0 Å². The van der Waals surface area contributed by atoms with E-state index in [9.17, 15) is 18.3 Å². The molecule has 0 radical (unpaired) electrons. The molecule has 0 saturated heterocycles. The summed E-state index contributed by atoms with van der Waals surface area (Å²) in [6, 6.07) is 5.20. The highest BCUT2D eigenvalue weighted by Crippen LogP contribution is 2.18. The van der Waals surface area contributed by atoms with E-state index in [4.69, 9.17) is 0 Å². The second-order valence-electron chi connectivity index (χ2n) is 5.38. The number of carboxylic acids is 1. The molecule has 2 rings (SSSR count). The molecular formula is C14H18N4O4S. The number of nitrogens with zero attached hydrogens (tertiary/aromatic N) is 3. The Kier molecular flexibility index (Phi) is 5.12. The van der Waals surface area contributed by atoms with Crippen LogP contribution in [0.2, 0.25) is 0 Å². The Morgan fingerprint density at radius 3 is 2.61 bits per heavy atom. The quantitative estimate of drug-likeness (QED) is 0.768. The average Bonchev–Trinajstić information content (AvgIpc) is 2.97. The summed E-state index contributed by atoms with van der Waals surface area (Å²) in [5.41, 5.74) is 0.499. The van der Waals surface area contributed by atoms with E-state index < -0.39 is 22.0 Å². The maximum Gasteiger partial charge on any atom is 0.322 e. The number of carboxylic acid groups (broad SMARTS) is 1. The van der Waals surface area contributed by atoms with Crippen molar-refractivity contribution >= 4 is 16.0 Å². The first-order chi connectivity index (χ1) is 10.8. The molecule has 9 heteroatoms. The van der Waals surface area contributed by atoms with Gasteiger partial charge in [0.1, 0.15) is 18.7 Å². The summed E-state index contributed by atoms with van der Waals surface area (Å²) in [6.45, 7) is 3.50. The molecule has 0 aliphatic carbocycles. The van der Waals surface area contributed by atoms with Gasteiger partial charge in [-0.1, -0.05) is 32.0 Å². The number of carbonyl (C=O) groups is 1. The third kappa shape index (κ3) is 4.14. The molecule has 0 aliphatic rings. The lowest BCUT2D eigenvalue weighted by molar-refractivity contribution is -0.140. The number of nitrogens with one attached hydrogen (secondary N) is 1. The summed E-state index contributed by atoms with van der Waals surface area (Å²) in [5, 5.41) is 13.1. The Balaban J connectivity index is 2.34. The maximum absolute atomic E-state index is 12.6. The maximum atomic E-state index is 12.6. The molecule has 1 atom stereocenters. The summed E-state index contributed by atoms with van der Waals surface area (Å²) in [7, 11) is -3.98. The third-order valence-corrected chi connectivity index (χ3v) is 4.82. The zero-order chi connectivity index (χ0) is 17.0. The Morgan fingerprint density at radius 1 is 1.35 bits per heavy atom. The molecule has 1 aromatic carbocycles. The topological polar surface area (TPSA) is 114 Å². The van der Waals surface area contributed by atoms with Crippen molar-refractivity contribution in [3.63, 3.8) is 0 Å². The number of rotatable bonds is 7. The number of hydrogen-bond acceptors (Lipinski definition) is 5. The van der Waals surface area contributed by atoms with Gasteiger partial charge in [0, 0.05) is 0 Å². The lowest BCUT2D eigenvalue weighted by atomic mass is 10.1. The van der Waals surface area contributed by atoms with Gasteiger partial charge >= 0.3 is 5.97 Å². The molecule has 0 amide bonds. The van der Waals surface area contributed by atoms with Crippen molar-refractivity contribution in [3.8, 4) is 0 Å². The van der Waals surface area contributed by atoms with Crippen LogP contribution in [0.3, 0.4) is 0 Å². The van der Waals surface area contributed by atoms with Crippen molar-refractivity contribution in [2.75, 3.05) is 0 Å². The number of hydrogen-bond donors (Lipinski definition) is 2. The SMILES string of the molecule is CC(C)[C@@H](NS(=O)(=O)c1ccccc1Cn1cncn1)C(=O)O. The molecular weight excluding hydrogens is 320 g/mol. The molecule has 0 aliphatic heterocycles. The molecule has 2 aromatic rings. The van der Waals surface area contributed by atoms with Crippen molar-refractivity contribution in [3.05, 3.63) is 42.5 Å². The summed E-state index contributed by atoms with van der Waals surface area (Å²) >= 11 is 0. The predicted octanol–water partition coefficient (Wildman–Crippen LogP) is 0.714. The molecule has 124 valence electrons. The van der Waals surface area contributed by atoms with Crippen molar-refractivity contribution in [1.82, 2.24) is 19.5 Å². The minimum Gasteiger partial charge on any atom is -0.480 e. The fourth-order valence-electron chi connectivity index (χ4n) is 2.09. The highest BCUT2D eigenvalue weighted by atomic mass is 32.2. The van der Waals surface area contributed by atoms with Crippen LogP contribution in [0.25, 0.3) is 0 Å². The van der Waals surface area contributed by atoms with E-state index in [1.54, 1.807) is 32.0 Å². The average molecular weight is 338 g/mol. The van der Waals surface area contributed by atoms with E-state index in [1.165, 1.54) is 23.4 Å². The fourth-order valence-corrected chi connectivity index (χ4v) is 3.66. The molecule has 2 N–H and O–H groups in total. The molecule has 8 nitrogen and oxygen atoms in total. The van der Waals surface area contributed by atoms with E-state index in [2.05, 4.69) is 14.8 Å². The smallest absolute Gasteiger partial charge is 0.322 e. The van der Waals surface area contributed by atoms with Gasteiger partial charge in [-0.05, 0) is 17.5 Å². The molecule has 0 unspecified atom stereocenters. The van der Waals surface area contributed by atoms with Gasteiger partial charge in [-0.3, -0.25) is 4.79 Å². The van der Waals surface area contributed by atoms with Crippen molar-refractivity contribution in [2.24, 2.45) is 5.92 Å². The minimum atomic E-state index is -3.98. The molecule has 1 aromatic heterocycles. The van der Waals surface area contributed by atoms with E-state index in [-0.39, 0.29) is 17.4 Å². The molecule has 0 saturated carbocycles. The second-order valence-corrected chi connectivity index (χ2v) is 7.06. The van der Waals surface area contributed by atoms with Gasteiger partial charge in [0.05, 0.1) is 11.4 Å². The summed E-state index contributed by atoms with van der Waals surface area (Å²) < 4.78 is 28.9. The van der Waals surface area contributed by atoms with Crippen molar-refractivity contribution < 1.29 is 18.3 Å². The molecule has 1 heterocycles. The fraction of sp³-hybridized carbons (Fsp3) is 0.357. The zero-order valence-electron chi connectivity index (χ0n) is 12.7. The number of aromatic nitrogens is 3. The van der Waals surface area contributed by atoms with Gasteiger partial charge in [-0.15, -0.1) is 0 Å². The Morgan fingerprint density at radius 2 is 2.04 bits per heavy atom. The van der Waals surface area contributed by atoms with Crippen LogP contribution in [0.15, 0.2) is 41.8 Å². The Labute approximate surface area is 134 Å². The standard InChI is InChI=1S/C14H18N4O4S/c1-10(2)13(14(19)20)17-23(21,22)12-6-4-3-5-11(12)7-18-9-15-8-16-18/h3-6,8-10,13,17H,7H2,1-2H3,(H,19,20)/t13-/m1/s1. The Hall–Kier alpha value is -2.26. The summed E-state index contributed by atoms with van der Waals surface area (Å²) in [6.07, 6.45) is 2.83. The molecule has 0 spiro atoms. The number of benzene rings is 1. The van der Waals surface area contributed by atoms with Crippen molar-refractivity contribution in [2.45, 2.75) is 31.3 Å². The van der Waals surface area contributed by atoms with E-state index in [1.807, 2.05) is 0 Å². The van der Waals surface area contributed by atoms with Crippen LogP contribution in [0, 0.1) is 5.92 Å². The van der Waals surface area contributed by atoms with Crippen LogP contribution in [-0.4, -0.2) is 40.3 Å². The third-order valence-electron chi connectivity index (χ3n) is 3.28. The second kappa shape index (κ2) is 6.88. The van der Waals surface area contributed by atoms with Crippen LogP contribution < -0.4 is 4.72 Å². The van der Waals surface area contributed by atoms with Gasteiger partial charge in [-0.25, -0.2) is 18.1 Å². The molecule has 0 fully saturated rings. The van der Waals surface area contributed by atoms with Crippen LogP contribution in [0.4, 0.5) is 0 Å². The Bertz CT molecular complexity index is 772. The van der Waals surface area contributed by atoms with E-state index >= 15 is 0 Å². The van der Waals surface area contributed by atoms with Gasteiger partial charge in [0.25, 0.3) is 0 Å². The van der Waals surface area contributed by atoms with Crippen LogP contribution in [0.5, 0.6) is 0 Å². The lowest BCUT2D eigenvalue weighted by Gasteiger charge is -2.19. The first-order valence-electron chi connectivity index (χ1n) is 6.96. The number of aliphatic carboxylic acids is 1. The molecule has 0 bridgehead atoms. The van der Waals surface area contributed by atoms with Crippen LogP contribution in [0.1, 0.15) is 19.4 Å². The van der Waals surface area contributed by atoms with E-state index in [0.717, 1.165) is 0 Å². The monoisotopic (exact) mass is 338 g/mol. The van der Waals surface area contributed by atoms with Gasteiger partial charge < -0.3 is 5.11 Å². The predicted molar refractivity (Wildman–Crippen MR) is 82.1 cm³/mol. The van der Waals surface area contributed by atoms with E-state index in [0.29, 0.717) is 5.56 Å². The summed E-state index contributed by atoms with van der Waals surface area (Å²) in [5.74, 6) is -1.60. The van der Waals surface area contributed by atoms with Crippen molar-refractivity contribution in [1.29, 1.82) is 0 Å². The first-order valence-corrected chi connectivity index (χ1v) is 8.45. The highest BCUT2D eigenvalue weighted by Gasteiger charge is 2.29. The largest absolute Gasteiger partial charge is 0.480 e. The van der Waals surface area contributed by atoms with Gasteiger partial charge in [-0.2, -0.15) is 9.82 Å². The minimum absolute atomic E-state index is 0.0300.